The van der Waals surface area contributed by atoms with Crippen molar-refractivity contribution in [3.8, 4) is 0 Å². The molecule has 0 aliphatic carbocycles. The number of carboxylic acid groups (broad SMARTS) is 1. The molecule has 3 N–H and O–H groups in total. The summed E-state index contributed by atoms with van der Waals surface area (Å²) >= 11 is 7.34. The van der Waals surface area contributed by atoms with Gasteiger partial charge in [0.2, 0.25) is 11.8 Å². The first kappa shape index (κ1) is 21.8. The van der Waals surface area contributed by atoms with E-state index in [1.165, 1.54) is 11.8 Å². The Hall–Kier alpha value is -2.51. The standard InChI is InChI=1S/C20H21ClN2O4S/c1-2-17(20(27)23-14-6-3-5-13(21)11-14)28-16-8-4-7-15(12-16)22-18(24)9-10-19(25)26/h3-8,11-12,17H,2,9-10H2,1H3,(H,22,24)(H,23,27)(H,25,26). The normalized spacial score (nSPS) is 11.5. The maximum absolute atomic E-state index is 12.6. The van der Waals surface area contributed by atoms with Crippen LogP contribution in [0.1, 0.15) is 26.2 Å². The highest BCUT2D eigenvalue weighted by atomic mass is 35.5. The first-order valence-corrected chi connectivity index (χ1v) is 9.98. The minimum atomic E-state index is -1.02. The number of thioether (sulfide) groups is 1. The van der Waals surface area contributed by atoms with Crippen molar-refractivity contribution in [1.29, 1.82) is 0 Å². The summed E-state index contributed by atoms with van der Waals surface area (Å²) in [6.07, 6.45) is 0.306. The van der Waals surface area contributed by atoms with Crippen molar-refractivity contribution in [2.24, 2.45) is 0 Å². The summed E-state index contributed by atoms with van der Waals surface area (Å²) in [5.74, 6) is -1.52. The third-order valence-electron chi connectivity index (χ3n) is 3.72. The number of aliphatic carboxylic acids is 1. The molecule has 0 radical (unpaired) electrons. The molecule has 28 heavy (non-hydrogen) atoms. The number of amides is 2. The van der Waals surface area contributed by atoms with Gasteiger partial charge in [0.1, 0.15) is 0 Å². The van der Waals surface area contributed by atoms with Crippen molar-refractivity contribution in [3.05, 3.63) is 53.6 Å². The molecule has 0 saturated heterocycles. The fourth-order valence-electron chi connectivity index (χ4n) is 2.37. The fourth-order valence-corrected chi connectivity index (χ4v) is 3.57. The van der Waals surface area contributed by atoms with Gasteiger partial charge in [-0.25, -0.2) is 0 Å². The summed E-state index contributed by atoms with van der Waals surface area (Å²) in [5.41, 5.74) is 1.20. The van der Waals surface area contributed by atoms with Crippen LogP contribution in [0, 0.1) is 0 Å². The molecule has 1 unspecified atom stereocenters. The second kappa shape index (κ2) is 10.7. The van der Waals surface area contributed by atoms with E-state index in [0.717, 1.165) is 4.90 Å². The van der Waals surface area contributed by atoms with Gasteiger partial charge in [-0.1, -0.05) is 30.7 Å². The van der Waals surface area contributed by atoms with Crippen LogP contribution < -0.4 is 10.6 Å². The molecule has 1 atom stereocenters. The highest BCUT2D eigenvalue weighted by Crippen LogP contribution is 2.29. The molecule has 8 heteroatoms. The monoisotopic (exact) mass is 420 g/mol. The van der Waals surface area contributed by atoms with E-state index in [1.54, 1.807) is 42.5 Å². The number of anilines is 2. The minimum absolute atomic E-state index is 0.0909. The quantitative estimate of drug-likeness (QED) is 0.513. The third-order valence-corrected chi connectivity index (χ3v) is 5.31. The Balaban J connectivity index is 1.99. The van der Waals surface area contributed by atoms with Crippen LogP contribution in [-0.2, 0) is 14.4 Å². The molecule has 6 nitrogen and oxygen atoms in total. The van der Waals surface area contributed by atoms with E-state index in [1.807, 2.05) is 13.0 Å². The van der Waals surface area contributed by atoms with Gasteiger partial charge in [0.25, 0.3) is 0 Å². The van der Waals surface area contributed by atoms with Gasteiger partial charge in [-0.15, -0.1) is 11.8 Å². The molecule has 0 spiro atoms. The Morgan fingerprint density at radius 1 is 1.04 bits per heavy atom. The van der Waals surface area contributed by atoms with Gasteiger partial charge in [-0.05, 0) is 42.8 Å². The Labute approximate surface area is 172 Å². The molecule has 0 aromatic heterocycles. The van der Waals surface area contributed by atoms with Gasteiger partial charge in [0.05, 0.1) is 11.7 Å². The number of hydrogen-bond donors (Lipinski definition) is 3. The zero-order valence-corrected chi connectivity index (χ0v) is 16.8. The van der Waals surface area contributed by atoms with Gasteiger partial charge in [-0.3, -0.25) is 14.4 Å². The highest BCUT2D eigenvalue weighted by molar-refractivity contribution is 8.00. The second-order valence-corrected chi connectivity index (χ2v) is 7.70. The van der Waals surface area contributed by atoms with Crippen molar-refractivity contribution in [1.82, 2.24) is 0 Å². The van der Waals surface area contributed by atoms with E-state index in [4.69, 9.17) is 16.7 Å². The highest BCUT2D eigenvalue weighted by Gasteiger charge is 2.18. The topological polar surface area (TPSA) is 95.5 Å². The molecule has 0 aliphatic heterocycles. The Kier molecular flexibility index (Phi) is 8.35. The molecule has 148 valence electrons. The van der Waals surface area contributed by atoms with E-state index < -0.39 is 5.97 Å². The summed E-state index contributed by atoms with van der Waals surface area (Å²) in [4.78, 5) is 35.7. The minimum Gasteiger partial charge on any atom is -0.481 e. The zero-order chi connectivity index (χ0) is 20.5. The van der Waals surface area contributed by atoms with Crippen LogP contribution in [0.4, 0.5) is 11.4 Å². The molecule has 2 aromatic carbocycles. The van der Waals surface area contributed by atoms with Gasteiger partial charge in [-0.2, -0.15) is 0 Å². The third kappa shape index (κ3) is 7.25. The van der Waals surface area contributed by atoms with Crippen LogP contribution in [0.2, 0.25) is 5.02 Å². The molecule has 0 fully saturated rings. The summed E-state index contributed by atoms with van der Waals surface area (Å²) < 4.78 is 0. The number of carboxylic acids is 1. The number of nitrogens with one attached hydrogen (secondary N) is 2. The number of benzene rings is 2. The first-order chi connectivity index (χ1) is 13.4. The number of carbonyl (C=O) groups excluding carboxylic acids is 2. The molecule has 0 saturated carbocycles. The van der Waals surface area contributed by atoms with Gasteiger partial charge in [0, 0.05) is 27.7 Å². The SMILES string of the molecule is CCC(Sc1cccc(NC(=O)CCC(=O)O)c1)C(=O)Nc1cccc(Cl)c1. The second-order valence-electron chi connectivity index (χ2n) is 5.98. The summed E-state index contributed by atoms with van der Waals surface area (Å²) in [6, 6.07) is 14.1. The van der Waals surface area contributed by atoms with Crippen molar-refractivity contribution >= 4 is 52.5 Å². The maximum Gasteiger partial charge on any atom is 0.303 e. The Morgan fingerprint density at radius 2 is 1.71 bits per heavy atom. The lowest BCUT2D eigenvalue weighted by atomic mass is 10.2. The van der Waals surface area contributed by atoms with Crippen molar-refractivity contribution in [2.75, 3.05) is 10.6 Å². The molecule has 0 heterocycles. The van der Waals surface area contributed by atoms with Crippen LogP contribution in [-0.4, -0.2) is 28.1 Å². The Bertz CT molecular complexity index is 860. The lowest BCUT2D eigenvalue weighted by Crippen LogP contribution is -2.24. The van der Waals surface area contributed by atoms with E-state index in [9.17, 15) is 14.4 Å². The molecule has 0 bridgehead atoms. The molecule has 0 aliphatic rings. The smallest absolute Gasteiger partial charge is 0.303 e. The summed E-state index contributed by atoms with van der Waals surface area (Å²) in [7, 11) is 0. The fraction of sp³-hybridized carbons (Fsp3) is 0.250. The molecular weight excluding hydrogens is 400 g/mol. The van der Waals surface area contributed by atoms with Gasteiger partial charge in [0.15, 0.2) is 0 Å². The van der Waals surface area contributed by atoms with Gasteiger partial charge < -0.3 is 15.7 Å². The van der Waals surface area contributed by atoms with Crippen LogP contribution >= 0.6 is 23.4 Å². The molecular formula is C20H21ClN2O4S. The molecule has 2 rings (SSSR count). The first-order valence-electron chi connectivity index (χ1n) is 8.72. The van der Waals surface area contributed by atoms with E-state index in [-0.39, 0.29) is 29.9 Å². The van der Waals surface area contributed by atoms with E-state index in [2.05, 4.69) is 10.6 Å². The molecule has 2 aromatic rings. The maximum atomic E-state index is 12.6. The number of carbonyl (C=O) groups is 3. The van der Waals surface area contributed by atoms with Crippen LogP contribution in [0.15, 0.2) is 53.4 Å². The predicted octanol–water partition coefficient (Wildman–Crippen LogP) is 4.65. The zero-order valence-electron chi connectivity index (χ0n) is 15.3. The van der Waals surface area contributed by atoms with Crippen LogP contribution in [0.3, 0.4) is 0 Å². The molecule has 2 amide bonds. The van der Waals surface area contributed by atoms with Gasteiger partial charge >= 0.3 is 5.97 Å². The average molecular weight is 421 g/mol. The van der Waals surface area contributed by atoms with Crippen molar-refractivity contribution in [2.45, 2.75) is 36.3 Å². The van der Waals surface area contributed by atoms with Crippen molar-refractivity contribution in [3.63, 3.8) is 0 Å². The Morgan fingerprint density at radius 3 is 2.36 bits per heavy atom. The largest absolute Gasteiger partial charge is 0.481 e. The van der Waals surface area contributed by atoms with Crippen LogP contribution in [0.25, 0.3) is 0 Å². The van der Waals surface area contributed by atoms with Crippen LogP contribution in [0.5, 0.6) is 0 Å². The number of hydrogen-bond acceptors (Lipinski definition) is 4. The van der Waals surface area contributed by atoms with E-state index >= 15 is 0 Å². The average Bonchev–Trinajstić information content (AvgIpc) is 2.64. The summed E-state index contributed by atoms with van der Waals surface area (Å²) in [6.45, 7) is 1.92. The predicted molar refractivity (Wildman–Crippen MR) is 112 cm³/mol. The number of halogens is 1. The lowest BCUT2D eigenvalue weighted by Gasteiger charge is -2.15. The van der Waals surface area contributed by atoms with Crippen molar-refractivity contribution < 1.29 is 19.5 Å². The number of rotatable bonds is 9. The summed E-state index contributed by atoms with van der Waals surface area (Å²) in [5, 5.41) is 14.4. The van der Waals surface area contributed by atoms with E-state index in [0.29, 0.717) is 22.8 Å². The lowest BCUT2D eigenvalue weighted by molar-refractivity contribution is -0.138.